The van der Waals surface area contributed by atoms with Crippen molar-refractivity contribution in [1.82, 2.24) is 19.9 Å². The summed E-state index contributed by atoms with van der Waals surface area (Å²) in [5.41, 5.74) is 3.39. The van der Waals surface area contributed by atoms with Crippen LogP contribution in [0.4, 0.5) is 0 Å². The van der Waals surface area contributed by atoms with Gasteiger partial charge in [0.15, 0.2) is 5.82 Å². The van der Waals surface area contributed by atoms with Crippen LogP contribution in [0, 0.1) is 0 Å². The van der Waals surface area contributed by atoms with E-state index in [1.807, 2.05) is 41.9 Å². The smallest absolute Gasteiger partial charge is 0.259 e. The summed E-state index contributed by atoms with van der Waals surface area (Å²) in [5, 5.41) is 3.66. The van der Waals surface area contributed by atoms with E-state index in [-0.39, 0.29) is 18.0 Å². The van der Waals surface area contributed by atoms with Crippen molar-refractivity contribution in [2.45, 2.75) is 26.2 Å². The molecule has 0 fully saturated rings. The van der Waals surface area contributed by atoms with Gasteiger partial charge in [0.2, 0.25) is 0 Å². The van der Waals surface area contributed by atoms with Crippen LogP contribution in [0.5, 0.6) is 5.75 Å². The van der Waals surface area contributed by atoms with Crippen LogP contribution in [-0.4, -0.2) is 26.5 Å². The molecule has 4 heterocycles. The van der Waals surface area contributed by atoms with Gasteiger partial charge in [-0.1, -0.05) is 6.92 Å². The number of rotatable bonds is 7. The summed E-state index contributed by atoms with van der Waals surface area (Å²) in [4.78, 5) is 29.1. The van der Waals surface area contributed by atoms with E-state index in [4.69, 9.17) is 9.72 Å². The van der Waals surface area contributed by atoms with Gasteiger partial charge in [-0.15, -0.1) is 23.7 Å². The van der Waals surface area contributed by atoms with Crippen molar-refractivity contribution >= 4 is 44.7 Å². The number of fused-ring (bicyclic) bond motifs is 2. The topological polar surface area (TPSA) is 80.8 Å². The number of H-pyrrole nitrogens is 1. The molecule has 0 aliphatic rings. The fraction of sp³-hybridized carbons (Fsp3) is 0.200. The molecular formula is C25H23ClN4O2S. The lowest BCUT2D eigenvalue weighted by molar-refractivity contribution is 0.311. The Bertz CT molecular complexity index is 1450. The van der Waals surface area contributed by atoms with E-state index in [9.17, 15) is 4.79 Å². The Morgan fingerprint density at radius 3 is 2.79 bits per heavy atom. The number of thiophene rings is 1. The van der Waals surface area contributed by atoms with E-state index >= 15 is 0 Å². The number of hydrogen-bond acceptors (Lipinski definition) is 6. The highest BCUT2D eigenvalue weighted by Gasteiger charge is 2.13. The van der Waals surface area contributed by atoms with Crippen molar-refractivity contribution in [1.29, 1.82) is 0 Å². The molecule has 4 aromatic heterocycles. The highest BCUT2D eigenvalue weighted by Crippen LogP contribution is 2.26. The van der Waals surface area contributed by atoms with Crippen molar-refractivity contribution < 1.29 is 4.74 Å². The Morgan fingerprint density at radius 2 is 1.97 bits per heavy atom. The van der Waals surface area contributed by atoms with Crippen LogP contribution in [0.15, 0.2) is 65.2 Å². The predicted octanol–water partition coefficient (Wildman–Crippen LogP) is 5.59. The van der Waals surface area contributed by atoms with E-state index in [2.05, 4.69) is 21.9 Å². The maximum atomic E-state index is 12.9. The molecule has 33 heavy (non-hydrogen) atoms. The van der Waals surface area contributed by atoms with Gasteiger partial charge in [0, 0.05) is 18.6 Å². The Morgan fingerprint density at radius 1 is 1.12 bits per heavy atom. The lowest BCUT2D eigenvalue weighted by Gasteiger charge is -2.11. The number of pyridine rings is 2. The monoisotopic (exact) mass is 478 g/mol. The van der Waals surface area contributed by atoms with Crippen molar-refractivity contribution in [3.63, 3.8) is 0 Å². The number of hydrogen-bond donors (Lipinski definition) is 1. The summed E-state index contributed by atoms with van der Waals surface area (Å²) >= 11 is 1.64. The zero-order valence-corrected chi connectivity index (χ0v) is 19.7. The minimum Gasteiger partial charge on any atom is -0.494 e. The average Bonchev–Trinajstić information content (AvgIpc) is 3.30. The maximum absolute atomic E-state index is 12.9. The van der Waals surface area contributed by atoms with E-state index in [0.29, 0.717) is 34.8 Å². The van der Waals surface area contributed by atoms with Crippen LogP contribution in [0.2, 0.25) is 0 Å². The van der Waals surface area contributed by atoms with E-state index in [1.54, 1.807) is 29.8 Å². The number of halogens is 1. The molecule has 0 spiro atoms. The number of nitrogens with zero attached hydrogens (tertiary/aromatic N) is 3. The minimum atomic E-state index is -0.186. The lowest BCUT2D eigenvalue weighted by atomic mass is 10.1. The average molecular weight is 479 g/mol. The highest BCUT2D eigenvalue weighted by molar-refractivity contribution is 7.17. The molecule has 0 amide bonds. The molecule has 0 atom stereocenters. The Labute approximate surface area is 201 Å². The molecule has 8 heteroatoms. The molecule has 6 nitrogen and oxygen atoms in total. The normalized spacial score (nSPS) is 10.9. The molecule has 5 rings (SSSR count). The molecule has 0 saturated carbocycles. The van der Waals surface area contributed by atoms with Gasteiger partial charge in [-0.2, -0.15) is 0 Å². The van der Waals surface area contributed by atoms with Crippen LogP contribution in [-0.2, 0) is 12.8 Å². The van der Waals surface area contributed by atoms with Crippen LogP contribution < -0.4 is 10.3 Å². The number of aromatic amines is 1. The maximum Gasteiger partial charge on any atom is 0.259 e. The molecule has 0 aliphatic heterocycles. The second-order valence-electron chi connectivity index (χ2n) is 7.58. The van der Waals surface area contributed by atoms with Gasteiger partial charge in [-0.3, -0.25) is 14.8 Å². The standard InChI is InChI=1S/C25H22N4O2S.ClH/c1-2-17-12-19(31-10-3-4-16-5-8-26-9-6-16)14-20-23(17)28-24(29-25(20)30)21-13-18-7-11-32-22(18)15-27-21;/h5-9,11-15H,2-4,10H2,1H3,(H,28,29,30);1H. The highest BCUT2D eigenvalue weighted by atomic mass is 35.5. The number of nitrogens with one attached hydrogen (secondary N) is 1. The molecule has 1 N–H and O–H groups in total. The first-order valence-electron chi connectivity index (χ1n) is 10.6. The second kappa shape index (κ2) is 10.1. The fourth-order valence-electron chi connectivity index (χ4n) is 3.77. The molecule has 0 saturated heterocycles. The summed E-state index contributed by atoms with van der Waals surface area (Å²) in [7, 11) is 0. The second-order valence-corrected chi connectivity index (χ2v) is 8.53. The van der Waals surface area contributed by atoms with Gasteiger partial charge >= 0.3 is 0 Å². The van der Waals surface area contributed by atoms with Gasteiger partial charge in [0.1, 0.15) is 11.4 Å². The Kier molecular flexibility index (Phi) is 7.01. The number of aromatic nitrogens is 4. The third kappa shape index (κ3) is 4.89. The van der Waals surface area contributed by atoms with Gasteiger partial charge < -0.3 is 9.72 Å². The predicted molar refractivity (Wildman–Crippen MR) is 136 cm³/mol. The third-order valence-electron chi connectivity index (χ3n) is 5.45. The molecule has 168 valence electrons. The summed E-state index contributed by atoms with van der Waals surface area (Å²) in [6.07, 6.45) is 7.97. The van der Waals surface area contributed by atoms with Crippen molar-refractivity contribution in [2.24, 2.45) is 0 Å². The van der Waals surface area contributed by atoms with Crippen LogP contribution in [0.1, 0.15) is 24.5 Å². The van der Waals surface area contributed by atoms with E-state index in [1.165, 1.54) is 5.56 Å². The van der Waals surface area contributed by atoms with Gasteiger partial charge in [-0.05, 0) is 77.6 Å². The van der Waals surface area contributed by atoms with Crippen LogP contribution in [0.3, 0.4) is 0 Å². The first kappa shape index (κ1) is 22.9. The summed E-state index contributed by atoms with van der Waals surface area (Å²) in [5.74, 6) is 1.18. The molecule has 0 aliphatic carbocycles. The van der Waals surface area contributed by atoms with Crippen LogP contribution in [0.25, 0.3) is 32.5 Å². The largest absolute Gasteiger partial charge is 0.494 e. The van der Waals surface area contributed by atoms with Crippen molar-refractivity contribution in [3.05, 3.63) is 81.8 Å². The molecule has 5 aromatic rings. The van der Waals surface area contributed by atoms with Crippen LogP contribution >= 0.6 is 23.7 Å². The number of ether oxygens (including phenoxy) is 1. The summed E-state index contributed by atoms with van der Waals surface area (Å²) in [6.45, 7) is 2.63. The van der Waals surface area contributed by atoms with Crippen molar-refractivity contribution in [2.75, 3.05) is 6.61 Å². The molecule has 0 bridgehead atoms. The van der Waals surface area contributed by atoms with E-state index in [0.717, 1.165) is 34.9 Å². The van der Waals surface area contributed by atoms with Crippen molar-refractivity contribution in [3.8, 4) is 17.3 Å². The van der Waals surface area contributed by atoms with E-state index < -0.39 is 0 Å². The van der Waals surface area contributed by atoms with Gasteiger partial charge in [-0.25, -0.2) is 4.98 Å². The third-order valence-corrected chi connectivity index (χ3v) is 6.32. The lowest BCUT2D eigenvalue weighted by Crippen LogP contribution is -2.12. The molecule has 1 aromatic carbocycles. The summed E-state index contributed by atoms with van der Waals surface area (Å²) < 4.78 is 7.09. The Balaban J connectivity index is 0.00000259. The fourth-order valence-corrected chi connectivity index (χ4v) is 4.51. The zero-order chi connectivity index (χ0) is 21.9. The van der Waals surface area contributed by atoms with Gasteiger partial charge in [0.05, 0.1) is 22.2 Å². The first-order chi connectivity index (χ1) is 15.7. The quantitative estimate of drug-likeness (QED) is 0.308. The van der Waals surface area contributed by atoms with Gasteiger partial charge in [0.25, 0.3) is 5.56 Å². The molecule has 0 radical (unpaired) electrons. The number of benzene rings is 1. The summed E-state index contributed by atoms with van der Waals surface area (Å²) in [6, 6.07) is 11.8. The molecule has 0 unspecified atom stereocenters. The zero-order valence-electron chi connectivity index (χ0n) is 18.1. The minimum absolute atomic E-state index is 0. The first-order valence-corrected chi connectivity index (χ1v) is 11.5. The number of aryl methyl sites for hydroxylation is 2. The SMILES string of the molecule is CCc1cc(OCCCc2ccncc2)cc2c(=O)[nH]c(-c3cc4ccsc4cn3)nc12.Cl. The molecular weight excluding hydrogens is 456 g/mol. The Hall–Kier alpha value is -3.29.